The summed E-state index contributed by atoms with van der Waals surface area (Å²) < 4.78 is 55.8. The Kier molecular flexibility index (Phi) is 4.19. The molecule has 0 aromatic carbocycles. The zero-order valence-corrected chi connectivity index (χ0v) is 5.40. The van der Waals surface area contributed by atoms with Crippen LogP contribution in [-0.2, 0) is 0 Å². The fourth-order valence-electron chi connectivity index (χ4n) is 0.116. The van der Waals surface area contributed by atoms with Crippen molar-refractivity contribution in [2.24, 2.45) is 5.73 Å². The lowest BCUT2D eigenvalue weighted by atomic mass is 10.3. The van der Waals surface area contributed by atoms with Gasteiger partial charge in [0.15, 0.2) is 0 Å². The maximum Gasteiger partial charge on any atom is 0.454 e. The molecule has 7 heteroatoms. The second-order valence-corrected chi connectivity index (χ2v) is 1.41. The minimum absolute atomic E-state index is 0. The number of rotatable bonds is 1. The summed E-state index contributed by atoms with van der Waals surface area (Å²) in [5.41, 5.74) is 4.12. The SMILES string of the molecule is Cl.NCC(F)(F)C(F)(F)F. The van der Waals surface area contributed by atoms with E-state index in [2.05, 4.69) is 5.73 Å². The Balaban J connectivity index is 0. The summed E-state index contributed by atoms with van der Waals surface area (Å²) in [6, 6.07) is 0. The number of halogens is 6. The van der Waals surface area contributed by atoms with Gasteiger partial charge in [0, 0.05) is 0 Å². The predicted octanol–water partition coefficient (Wildman–Crippen LogP) is 1.56. The van der Waals surface area contributed by atoms with Crippen LogP contribution in [0.5, 0.6) is 0 Å². The number of hydrogen-bond acceptors (Lipinski definition) is 1. The van der Waals surface area contributed by atoms with Gasteiger partial charge in [0.1, 0.15) is 0 Å². The summed E-state index contributed by atoms with van der Waals surface area (Å²) in [5.74, 6) is -4.74. The smallest absolute Gasteiger partial charge is 0.325 e. The lowest BCUT2D eigenvalue weighted by Crippen LogP contribution is -2.42. The second-order valence-electron chi connectivity index (χ2n) is 1.41. The molecule has 0 aromatic heterocycles. The van der Waals surface area contributed by atoms with Crippen LogP contribution in [0, 0.1) is 0 Å². The Morgan fingerprint density at radius 1 is 1.00 bits per heavy atom. The number of alkyl halides is 5. The molecule has 0 saturated carbocycles. The van der Waals surface area contributed by atoms with E-state index in [9.17, 15) is 22.0 Å². The van der Waals surface area contributed by atoms with Crippen LogP contribution in [0.4, 0.5) is 22.0 Å². The highest BCUT2D eigenvalue weighted by Crippen LogP contribution is 2.33. The van der Waals surface area contributed by atoms with Gasteiger partial charge in [-0.2, -0.15) is 22.0 Å². The van der Waals surface area contributed by atoms with Crippen LogP contribution in [0.25, 0.3) is 0 Å². The van der Waals surface area contributed by atoms with Gasteiger partial charge in [0.25, 0.3) is 0 Å². The molecule has 0 saturated heterocycles. The molecule has 10 heavy (non-hydrogen) atoms. The first-order valence-corrected chi connectivity index (χ1v) is 1.96. The third kappa shape index (κ3) is 2.66. The molecule has 2 N–H and O–H groups in total. The van der Waals surface area contributed by atoms with Crippen LogP contribution in [-0.4, -0.2) is 18.6 Å². The molecule has 0 rings (SSSR count). The van der Waals surface area contributed by atoms with Gasteiger partial charge in [-0.05, 0) is 0 Å². The van der Waals surface area contributed by atoms with Gasteiger partial charge in [-0.15, -0.1) is 12.4 Å². The Morgan fingerprint density at radius 3 is 1.30 bits per heavy atom. The molecule has 1 nitrogen and oxygen atoms in total. The van der Waals surface area contributed by atoms with E-state index in [0.29, 0.717) is 0 Å². The Bertz CT molecular complexity index is 99.6. The third-order valence-corrected chi connectivity index (χ3v) is 0.671. The zero-order valence-electron chi connectivity index (χ0n) is 4.58. The summed E-state index contributed by atoms with van der Waals surface area (Å²) in [5, 5.41) is 0. The summed E-state index contributed by atoms with van der Waals surface area (Å²) in [6.45, 7) is -1.70. The zero-order chi connectivity index (χ0) is 7.71. The molecule has 0 radical (unpaired) electrons. The highest BCUT2D eigenvalue weighted by molar-refractivity contribution is 5.85. The van der Waals surface area contributed by atoms with Crippen molar-refractivity contribution in [1.29, 1.82) is 0 Å². The molecule has 0 atom stereocenters. The van der Waals surface area contributed by atoms with Gasteiger partial charge in [-0.1, -0.05) is 0 Å². The minimum Gasteiger partial charge on any atom is -0.325 e. The van der Waals surface area contributed by atoms with E-state index in [4.69, 9.17) is 0 Å². The molecule has 0 unspecified atom stereocenters. The second kappa shape index (κ2) is 3.34. The molecule has 0 amide bonds. The molecular formula is C3H5ClF5N. The quantitative estimate of drug-likeness (QED) is 0.617. The predicted molar refractivity (Wildman–Crippen MR) is 27.3 cm³/mol. The average molecular weight is 186 g/mol. The topological polar surface area (TPSA) is 26.0 Å². The van der Waals surface area contributed by atoms with Gasteiger partial charge in [0.2, 0.25) is 0 Å². The van der Waals surface area contributed by atoms with Gasteiger partial charge in [0.05, 0.1) is 6.54 Å². The van der Waals surface area contributed by atoms with Gasteiger partial charge >= 0.3 is 12.1 Å². The Morgan fingerprint density at radius 2 is 1.30 bits per heavy atom. The van der Waals surface area contributed by atoms with Crippen molar-refractivity contribution in [3.8, 4) is 0 Å². The Hall–Kier alpha value is -0.100. The highest BCUT2D eigenvalue weighted by Gasteiger charge is 2.56. The highest BCUT2D eigenvalue weighted by atomic mass is 35.5. The molecule has 64 valence electrons. The van der Waals surface area contributed by atoms with Crippen molar-refractivity contribution in [1.82, 2.24) is 0 Å². The number of hydrogen-bond donors (Lipinski definition) is 1. The van der Waals surface area contributed by atoms with Crippen LogP contribution in [0.2, 0.25) is 0 Å². The fraction of sp³-hybridized carbons (Fsp3) is 1.00. The first-order valence-electron chi connectivity index (χ1n) is 1.96. The molecule has 0 bridgehead atoms. The van der Waals surface area contributed by atoms with Crippen molar-refractivity contribution in [3.63, 3.8) is 0 Å². The van der Waals surface area contributed by atoms with Crippen LogP contribution in [0.15, 0.2) is 0 Å². The molecule has 0 heterocycles. The van der Waals surface area contributed by atoms with E-state index < -0.39 is 18.6 Å². The fourth-order valence-corrected chi connectivity index (χ4v) is 0.116. The molecule has 0 aliphatic heterocycles. The van der Waals surface area contributed by atoms with E-state index >= 15 is 0 Å². The molecular weight excluding hydrogens is 180 g/mol. The standard InChI is InChI=1S/C3H4F5N.ClH/c4-2(5,1-9)3(6,7)8;/h1,9H2;1H. The van der Waals surface area contributed by atoms with Gasteiger partial charge in [-0.3, -0.25) is 0 Å². The van der Waals surface area contributed by atoms with Crippen molar-refractivity contribution in [2.75, 3.05) is 6.54 Å². The summed E-state index contributed by atoms with van der Waals surface area (Å²) >= 11 is 0. The van der Waals surface area contributed by atoms with Gasteiger partial charge in [-0.25, -0.2) is 0 Å². The molecule has 0 spiro atoms. The van der Waals surface area contributed by atoms with Crippen molar-refractivity contribution < 1.29 is 22.0 Å². The van der Waals surface area contributed by atoms with Crippen molar-refractivity contribution >= 4 is 12.4 Å². The minimum atomic E-state index is -5.51. The number of nitrogens with two attached hydrogens (primary N) is 1. The maximum atomic E-state index is 11.4. The lowest BCUT2D eigenvalue weighted by molar-refractivity contribution is -0.276. The maximum absolute atomic E-state index is 11.4. The van der Waals surface area contributed by atoms with Gasteiger partial charge < -0.3 is 5.73 Å². The van der Waals surface area contributed by atoms with E-state index in [1.165, 1.54) is 0 Å². The molecule has 0 aliphatic carbocycles. The first kappa shape index (κ1) is 12.6. The van der Waals surface area contributed by atoms with Crippen LogP contribution in [0.1, 0.15) is 0 Å². The lowest BCUT2D eigenvalue weighted by Gasteiger charge is -2.16. The third-order valence-electron chi connectivity index (χ3n) is 0.671. The Labute approximate surface area is 59.8 Å². The van der Waals surface area contributed by atoms with E-state index in [0.717, 1.165) is 0 Å². The molecule has 0 aromatic rings. The first-order chi connectivity index (χ1) is 3.81. The largest absolute Gasteiger partial charge is 0.454 e. The molecule has 0 aliphatic rings. The monoisotopic (exact) mass is 185 g/mol. The van der Waals surface area contributed by atoms with E-state index in [-0.39, 0.29) is 12.4 Å². The summed E-state index contributed by atoms with van der Waals surface area (Å²) in [7, 11) is 0. The van der Waals surface area contributed by atoms with E-state index in [1.807, 2.05) is 0 Å². The normalized spacial score (nSPS) is 12.6. The van der Waals surface area contributed by atoms with Crippen molar-refractivity contribution in [2.45, 2.75) is 12.1 Å². The summed E-state index contributed by atoms with van der Waals surface area (Å²) in [6.07, 6.45) is -5.51. The van der Waals surface area contributed by atoms with E-state index in [1.54, 1.807) is 0 Å². The average Bonchev–Trinajstić information content (AvgIpc) is 1.64. The van der Waals surface area contributed by atoms with Crippen molar-refractivity contribution in [3.05, 3.63) is 0 Å². The summed E-state index contributed by atoms with van der Waals surface area (Å²) in [4.78, 5) is 0. The van der Waals surface area contributed by atoms with Crippen LogP contribution < -0.4 is 5.73 Å². The molecule has 0 fully saturated rings. The van der Waals surface area contributed by atoms with Crippen LogP contribution in [0.3, 0.4) is 0 Å². The van der Waals surface area contributed by atoms with Crippen LogP contribution >= 0.6 is 12.4 Å².